The molecule has 0 aromatic carbocycles. The third-order valence-corrected chi connectivity index (χ3v) is 5.73. The van der Waals surface area contributed by atoms with Crippen molar-refractivity contribution in [3.63, 3.8) is 0 Å². The van der Waals surface area contributed by atoms with Crippen molar-refractivity contribution >= 4 is 5.97 Å². The largest absolute Gasteiger partial charge is 0.481 e. The van der Waals surface area contributed by atoms with E-state index < -0.39 is 5.97 Å². The monoisotopic (exact) mass is 338 g/mol. The van der Waals surface area contributed by atoms with Crippen LogP contribution in [0.3, 0.4) is 0 Å². The highest BCUT2D eigenvalue weighted by Gasteiger charge is 2.12. The van der Waals surface area contributed by atoms with Crippen LogP contribution < -0.4 is 0 Å². The number of carboxylic acids is 1. The summed E-state index contributed by atoms with van der Waals surface area (Å²) in [7, 11) is 0. The van der Waals surface area contributed by atoms with E-state index in [1.54, 1.807) is 0 Å². The van der Waals surface area contributed by atoms with Crippen LogP contribution in [0.1, 0.15) is 128 Å². The number of rotatable bonds is 16. The summed E-state index contributed by atoms with van der Waals surface area (Å²) < 4.78 is 0. The Kier molecular flexibility index (Phi) is 14.3. The maximum atomic E-state index is 10.4. The molecule has 0 spiro atoms. The smallest absolute Gasteiger partial charge is 0.303 e. The van der Waals surface area contributed by atoms with Crippen LogP contribution in [0.2, 0.25) is 0 Å². The maximum absolute atomic E-state index is 10.4. The third kappa shape index (κ3) is 13.9. The molecule has 0 heterocycles. The van der Waals surface area contributed by atoms with Gasteiger partial charge in [-0.25, -0.2) is 0 Å². The second-order valence-electron chi connectivity index (χ2n) is 8.03. The average Bonchev–Trinajstić information content (AvgIpc) is 2.59. The number of carboxylic acid groups (broad SMARTS) is 1. The van der Waals surface area contributed by atoms with Gasteiger partial charge in [0.25, 0.3) is 0 Å². The van der Waals surface area contributed by atoms with Crippen LogP contribution in [0.15, 0.2) is 0 Å². The number of carbonyl (C=O) groups is 1. The average molecular weight is 339 g/mol. The van der Waals surface area contributed by atoms with E-state index in [9.17, 15) is 4.79 Å². The Bertz CT molecular complexity index is 282. The van der Waals surface area contributed by atoms with Gasteiger partial charge in [-0.1, -0.05) is 116 Å². The van der Waals surface area contributed by atoms with E-state index in [1.807, 2.05) is 0 Å². The summed E-state index contributed by atoms with van der Waals surface area (Å²) in [6.07, 6.45) is 26.6. The Morgan fingerprint density at radius 2 is 1.04 bits per heavy atom. The van der Waals surface area contributed by atoms with Gasteiger partial charge in [-0.15, -0.1) is 0 Å². The van der Waals surface area contributed by atoms with Gasteiger partial charge in [0, 0.05) is 6.42 Å². The molecule has 0 bridgehead atoms. The fourth-order valence-corrected chi connectivity index (χ4v) is 4.13. The van der Waals surface area contributed by atoms with Crippen LogP contribution in [0.4, 0.5) is 0 Å². The van der Waals surface area contributed by atoms with Gasteiger partial charge in [-0.05, 0) is 12.3 Å². The number of unbranched alkanes of at least 4 members (excludes halogenated alkanes) is 12. The summed E-state index contributed by atoms with van der Waals surface area (Å²) in [5.41, 5.74) is 0. The molecular weight excluding hydrogens is 296 g/mol. The highest BCUT2D eigenvalue weighted by atomic mass is 16.4. The molecule has 142 valence electrons. The van der Waals surface area contributed by atoms with Crippen molar-refractivity contribution in [2.75, 3.05) is 0 Å². The molecule has 0 amide bonds. The zero-order chi connectivity index (χ0) is 17.3. The van der Waals surface area contributed by atoms with E-state index >= 15 is 0 Å². The van der Waals surface area contributed by atoms with Crippen molar-refractivity contribution in [2.45, 2.75) is 128 Å². The lowest BCUT2D eigenvalue weighted by atomic mass is 9.85. The van der Waals surface area contributed by atoms with Crippen LogP contribution in [0, 0.1) is 5.92 Å². The molecule has 0 aromatic rings. The van der Waals surface area contributed by atoms with Crippen LogP contribution in [-0.4, -0.2) is 11.1 Å². The minimum Gasteiger partial charge on any atom is -0.481 e. The molecule has 0 atom stereocenters. The second-order valence-corrected chi connectivity index (χ2v) is 8.03. The van der Waals surface area contributed by atoms with Gasteiger partial charge in [0.05, 0.1) is 0 Å². The van der Waals surface area contributed by atoms with E-state index in [2.05, 4.69) is 0 Å². The molecule has 2 heteroatoms. The van der Waals surface area contributed by atoms with Gasteiger partial charge in [0.1, 0.15) is 0 Å². The Morgan fingerprint density at radius 3 is 1.50 bits per heavy atom. The summed E-state index contributed by atoms with van der Waals surface area (Å²) in [6, 6.07) is 0. The van der Waals surface area contributed by atoms with Crippen molar-refractivity contribution in [2.24, 2.45) is 5.92 Å². The van der Waals surface area contributed by atoms with Gasteiger partial charge >= 0.3 is 5.97 Å². The molecule has 0 aromatic heterocycles. The summed E-state index contributed by atoms with van der Waals surface area (Å²) >= 11 is 0. The SMILES string of the molecule is O=C(O)CCCCCCCCCCCCCCCC1CCCCC1. The van der Waals surface area contributed by atoms with Crippen molar-refractivity contribution in [3.05, 3.63) is 0 Å². The highest BCUT2D eigenvalue weighted by molar-refractivity contribution is 5.66. The highest BCUT2D eigenvalue weighted by Crippen LogP contribution is 2.28. The zero-order valence-corrected chi connectivity index (χ0v) is 16.1. The fourth-order valence-electron chi connectivity index (χ4n) is 4.13. The fraction of sp³-hybridized carbons (Fsp3) is 0.955. The maximum Gasteiger partial charge on any atom is 0.303 e. The normalized spacial score (nSPS) is 15.7. The molecule has 0 saturated heterocycles. The van der Waals surface area contributed by atoms with E-state index in [0.717, 1.165) is 18.8 Å². The van der Waals surface area contributed by atoms with Crippen LogP contribution in [0.25, 0.3) is 0 Å². The van der Waals surface area contributed by atoms with Crippen molar-refractivity contribution < 1.29 is 9.90 Å². The lowest BCUT2D eigenvalue weighted by Gasteiger charge is -2.21. The molecule has 1 N–H and O–H groups in total. The molecular formula is C22H42O2. The van der Waals surface area contributed by atoms with Crippen LogP contribution in [0.5, 0.6) is 0 Å². The van der Waals surface area contributed by atoms with Crippen LogP contribution in [-0.2, 0) is 4.79 Å². The zero-order valence-electron chi connectivity index (χ0n) is 16.1. The Balaban J connectivity index is 1.68. The first-order chi connectivity index (χ1) is 11.8. The Morgan fingerprint density at radius 1 is 0.625 bits per heavy atom. The summed E-state index contributed by atoms with van der Waals surface area (Å²) in [5.74, 6) is 0.423. The standard InChI is InChI=1S/C22H42O2/c23-22(24)20-16-11-9-7-5-3-1-2-4-6-8-10-13-17-21-18-14-12-15-19-21/h21H,1-20H2,(H,23,24). The molecule has 0 aliphatic heterocycles. The summed E-state index contributed by atoms with van der Waals surface area (Å²) in [4.78, 5) is 10.4. The number of aliphatic carboxylic acids is 1. The number of hydrogen-bond donors (Lipinski definition) is 1. The molecule has 1 aliphatic rings. The molecule has 0 unspecified atom stereocenters. The van der Waals surface area contributed by atoms with E-state index in [4.69, 9.17) is 5.11 Å². The summed E-state index contributed by atoms with van der Waals surface area (Å²) in [6.45, 7) is 0. The Labute approximate surface area is 150 Å². The predicted molar refractivity (Wildman–Crippen MR) is 103 cm³/mol. The van der Waals surface area contributed by atoms with Gasteiger partial charge in [0.15, 0.2) is 0 Å². The molecule has 1 saturated carbocycles. The molecule has 1 fully saturated rings. The van der Waals surface area contributed by atoms with Gasteiger partial charge in [-0.2, -0.15) is 0 Å². The lowest BCUT2D eigenvalue weighted by molar-refractivity contribution is -0.137. The van der Waals surface area contributed by atoms with Gasteiger partial charge in [0.2, 0.25) is 0 Å². The lowest BCUT2D eigenvalue weighted by Crippen LogP contribution is -2.05. The topological polar surface area (TPSA) is 37.3 Å². The quantitative estimate of drug-likeness (QED) is 0.296. The third-order valence-electron chi connectivity index (χ3n) is 5.73. The first-order valence-electron chi connectivity index (χ1n) is 11.0. The molecule has 1 rings (SSSR count). The molecule has 0 radical (unpaired) electrons. The van der Waals surface area contributed by atoms with Gasteiger partial charge in [-0.3, -0.25) is 4.79 Å². The van der Waals surface area contributed by atoms with E-state index in [0.29, 0.717) is 6.42 Å². The van der Waals surface area contributed by atoms with Crippen LogP contribution >= 0.6 is 0 Å². The Hall–Kier alpha value is -0.530. The van der Waals surface area contributed by atoms with Crippen molar-refractivity contribution in [1.82, 2.24) is 0 Å². The van der Waals surface area contributed by atoms with Gasteiger partial charge < -0.3 is 5.11 Å². The molecule has 1 aliphatic carbocycles. The van der Waals surface area contributed by atoms with E-state index in [1.165, 1.54) is 109 Å². The molecule has 2 nitrogen and oxygen atoms in total. The first-order valence-corrected chi connectivity index (χ1v) is 11.0. The minimum absolute atomic E-state index is 0.348. The number of hydrogen-bond acceptors (Lipinski definition) is 1. The summed E-state index contributed by atoms with van der Waals surface area (Å²) in [5, 5.41) is 8.56. The predicted octanol–water partition coefficient (Wildman–Crippen LogP) is 7.50. The first kappa shape index (κ1) is 21.5. The van der Waals surface area contributed by atoms with E-state index in [-0.39, 0.29) is 0 Å². The van der Waals surface area contributed by atoms with Crippen molar-refractivity contribution in [3.8, 4) is 0 Å². The minimum atomic E-state index is -0.649. The van der Waals surface area contributed by atoms with Crippen molar-refractivity contribution in [1.29, 1.82) is 0 Å². The molecule has 24 heavy (non-hydrogen) atoms. The second kappa shape index (κ2) is 16.0.